The lowest BCUT2D eigenvalue weighted by Crippen LogP contribution is -2.72. The molecular formula is C52H35NOSi. The van der Waals surface area contributed by atoms with Crippen LogP contribution in [0.5, 0.6) is 0 Å². The number of para-hydroxylation sites is 2. The average molecular weight is 718 g/mol. The number of nitrogens with zero attached hydrogens (tertiary/aromatic N) is 1. The number of rotatable bonds is 6. The SMILES string of the molecule is c1ccc(N(c2ccc(-c3cccc4ccccc34)cc2)c2ccc3c(c2)[Si](c2ccccc2)(c2ccccc2)c2ccc4c(oc5ccccc54)c2-3)cc1. The molecule has 0 spiro atoms. The Morgan fingerprint density at radius 3 is 1.73 bits per heavy atom. The molecule has 0 N–H and O–H groups in total. The Kier molecular flexibility index (Phi) is 7.22. The van der Waals surface area contributed by atoms with Crippen LogP contribution >= 0.6 is 0 Å². The minimum absolute atomic E-state index is 0.921. The Labute approximate surface area is 321 Å². The quantitative estimate of drug-likeness (QED) is 0.159. The van der Waals surface area contributed by atoms with E-state index in [1.165, 1.54) is 53.8 Å². The average Bonchev–Trinajstić information content (AvgIpc) is 3.79. The van der Waals surface area contributed by atoms with E-state index in [-0.39, 0.29) is 0 Å². The summed E-state index contributed by atoms with van der Waals surface area (Å²) < 4.78 is 6.82. The molecule has 0 aliphatic carbocycles. The van der Waals surface area contributed by atoms with Gasteiger partial charge in [0.1, 0.15) is 11.2 Å². The normalized spacial score (nSPS) is 12.9. The maximum Gasteiger partial charge on any atom is 0.181 e. The van der Waals surface area contributed by atoms with Crippen LogP contribution < -0.4 is 25.6 Å². The van der Waals surface area contributed by atoms with Gasteiger partial charge in [0.25, 0.3) is 0 Å². The fraction of sp³-hybridized carbons (Fsp3) is 0. The highest BCUT2D eigenvalue weighted by atomic mass is 28.3. The largest absolute Gasteiger partial charge is 0.455 e. The van der Waals surface area contributed by atoms with Gasteiger partial charge in [0.05, 0.1) is 0 Å². The second kappa shape index (κ2) is 12.6. The molecule has 55 heavy (non-hydrogen) atoms. The Morgan fingerprint density at radius 1 is 0.382 bits per heavy atom. The van der Waals surface area contributed by atoms with Crippen molar-refractivity contribution in [3.05, 3.63) is 212 Å². The molecule has 0 unspecified atom stereocenters. The van der Waals surface area contributed by atoms with E-state index in [4.69, 9.17) is 4.42 Å². The van der Waals surface area contributed by atoms with Gasteiger partial charge in [-0.3, -0.25) is 0 Å². The van der Waals surface area contributed by atoms with Gasteiger partial charge >= 0.3 is 0 Å². The molecule has 0 saturated heterocycles. The fourth-order valence-corrected chi connectivity index (χ4v) is 14.4. The smallest absolute Gasteiger partial charge is 0.181 e. The van der Waals surface area contributed by atoms with Gasteiger partial charge in [0.15, 0.2) is 8.07 Å². The molecule has 0 radical (unpaired) electrons. The zero-order valence-corrected chi connectivity index (χ0v) is 31.1. The molecule has 0 bridgehead atoms. The number of hydrogen-bond acceptors (Lipinski definition) is 2. The van der Waals surface area contributed by atoms with Crippen molar-refractivity contribution in [1.29, 1.82) is 0 Å². The highest BCUT2D eigenvalue weighted by Crippen LogP contribution is 2.42. The van der Waals surface area contributed by atoms with E-state index in [2.05, 4.69) is 217 Å². The monoisotopic (exact) mass is 717 g/mol. The van der Waals surface area contributed by atoms with Crippen molar-refractivity contribution in [2.45, 2.75) is 0 Å². The van der Waals surface area contributed by atoms with Crippen molar-refractivity contribution in [2.75, 3.05) is 4.90 Å². The van der Waals surface area contributed by atoms with Crippen LogP contribution in [0.15, 0.2) is 217 Å². The van der Waals surface area contributed by atoms with E-state index >= 15 is 0 Å². The molecule has 1 aliphatic heterocycles. The van der Waals surface area contributed by atoms with Gasteiger partial charge in [-0.15, -0.1) is 0 Å². The van der Waals surface area contributed by atoms with E-state index < -0.39 is 8.07 Å². The second-order valence-electron chi connectivity index (χ2n) is 14.4. The third-order valence-electron chi connectivity index (χ3n) is 11.5. The molecule has 11 rings (SSSR count). The molecule has 0 fully saturated rings. The topological polar surface area (TPSA) is 16.4 Å². The second-order valence-corrected chi connectivity index (χ2v) is 18.2. The Morgan fingerprint density at radius 2 is 0.982 bits per heavy atom. The fourth-order valence-electron chi connectivity index (χ4n) is 9.17. The van der Waals surface area contributed by atoms with Crippen LogP contribution in [0.2, 0.25) is 0 Å². The van der Waals surface area contributed by atoms with Crippen molar-refractivity contribution < 1.29 is 4.42 Å². The van der Waals surface area contributed by atoms with Crippen LogP contribution in [0.4, 0.5) is 17.1 Å². The molecule has 9 aromatic carbocycles. The first-order valence-electron chi connectivity index (χ1n) is 18.9. The van der Waals surface area contributed by atoms with Gasteiger partial charge < -0.3 is 9.32 Å². The highest BCUT2D eigenvalue weighted by Gasteiger charge is 2.50. The van der Waals surface area contributed by atoms with Crippen molar-refractivity contribution >= 4 is 78.6 Å². The van der Waals surface area contributed by atoms with E-state index in [0.717, 1.165) is 39.0 Å². The molecule has 10 aromatic rings. The summed E-state index contributed by atoms with van der Waals surface area (Å²) in [5.74, 6) is 0. The maximum atomic E-state index is 6.82. The Balaban J connectivity index is 1.16. The van der Waals surface area contributed by atoms with Gasteiger partial charge in [-0.25, -0.2) is 0 Å². The van der Waals surface area contributed by atoms with Crippen LogP contribution in [-0.2, 0) is 0 Å². The molecule has 3 heteroatoms. The first-order valence-corrected chi connectivity index (χ1v) is 20.9. The Hall–Kier alpha value is -6.94. The Bertz CT molecular complexity index is 2980. The molecule has 1 aromatic heterocycles. The first kappa shape index (κ1) is 31.6. The zero-order valence-electron chi connectivity index (χ0n) is 30.1. The third kappa shape index (κ3) is 4.80. The molecule has 0 atom stereocenters. The molecule has 2 nitrogen and oxygen atoms in total. The summed E-state index contributed by atoms with van der Waals surface area (Å²) in [5.41, 5.74) is 10.2. The van der Waals surface area contributed by atoms with E-state index in [0.29, 0.717) is 0 Å². The summed E-state index contributed by atoms with van der Waals surface area (Å²) in [6, 6.07) is 77.7. The molecule has 2 heterocycles. The van der Waals surface area contributed by atoms with E-state index in [1.807, 2.05) is 0 Å². The zero-order chi connectivity index (χ0) is 36.3. The maximum absolute atomic E-state index is 6.82. The van der Waals surface area contributed by atoms with Gasteiger partial charge in [-0.05, 0) is 90.7 Å². The molecule has 258 valence electrons. The van der Waals surface area contributed by atoms with Crippen LogP contribution in [0.25, 0.3) is 55.0 Å². The number of fused-ring (bicyclic) bond motifs is 8. The number of hydrogen-bond donors (Lipinski definition) is 0. The summed E-state index contributed by atoms with van der Waals surface area (Å²) in [6.45, 7) is 0. The number of benzene rings is 9. The van der Waals surface area contributed by atoms with E-state index in [1.54, 1.807) is 0 Å². The van der Waals surface area contributed by atoms with Gasteiger partial charge in [0, 0.05) is 33.4 Å². The van der Waals surface area contributed by atoms with Crippen molar-refractivity contribution in [2.24, 2.45) is 0 Å². The third-order valence-corrected chi connectivity index (χ3v) is 16.4. The lowest BCUT2D eigenvalue weighted by molar-refractivity contribution is 0.670. The summed E-state index contributed by atoms with van der Waals surface area (Å²) in [5, 5.41) is 10.3. The van der Waals surface area contributed by atoms with Crippen LogP contribution in [0.3, 0.4) is 0 Å². The van der Waals surface area contributed by atoms with Crippen LogP contribution in [0.1, 0.15) is 0 Å². The summed E-state index contributed by atoms with van der Waals surface area (Å²) in [6.07, 6.45) is 0. The minimum atomic E-state index is -2.84. The molecule has 0 saturated carbocycles. The lowest BCUT2D eigenvalue weighted by Gasteiger charge is -2.32. The number of anilines is 3. The van der Waals surface area contributed by atoms with Crippen molar-refractivity contribution in [3.63, 3.8) is 0 Å². The van der Waals surface area contributed by atoms with Crippen molar-refractivity contribution in [1.82, 2.24) is 0 Å². The summed E-state index contributed by atoms with van der Waals surface area (Å²) >= 11 is 0. The predicted octanol–water partition coefficient (Wildman–Crippen LogP) is 11.2. The highest BCUT2D eigenvalue weighted by molar-refractivity contribution is 7.22. The summed E-state index contributed by atoms with van der Waals surface area (Å²) in [4.78, 5) is 2.40. The van der Waals surface area contributed by atoms with Crippen LogP contribution in [0, 0.1) is 0 Å². The molecular weight excluding hydrogens is 683 g/mol. The van der Waals surface area contributed by atoms with Gasteiger partial charge in [0.2, 0.25) is 0 Å². The van der Waals surface area contributed by atoms with Gasteiger partial charge in [-0.2, -0.15) is 0 Å². The summed E-state index contributed by atoms with van der Waals surface area (Å²) in [7, 11) is -2.84. The standard InChI is InChI=1S/C52H35NOSi/c1-4-17-38(18-5-1)53(39-29-27-37(28-30-39)44-25-14-16-36-15-10-11-23-43(36)44)40-31-32-47-50(35-40)55(41-19-6-2-7-20-41,42-21-8-3-9-22-42)49-34-33-46-45-24-12-13-26-48(45)54-52(46)51(47)49/h1-35H. The minimum Gasteiger partial charge on any atom is -0.455 e. The predicted molar refractivity (Wildman–Crippen MR) is 234 cm³/mol. The first-order chi connectivity index (χ1) is 27.3. The molecule has 1 aliphatic rings. The van der Waals surface area contributed by atoms with Gasteiger partial charge in [-0.1, -0.05) is 170 Å². The number of furan rings is 1. The lowest BCUT2D eigenvalue weighted by atomic mass is 9.98. The molecule has 0 amide bonds. The van der Waals surface area contributed by atoms with Crippen molar-refractivity contribution in [3.8, 4) is 22.3 Å². The van der Waals surface area contributed by atoms with E-state index in [9.17, 15) is 0 Å². The van der Waals surface area contributed by atoms with Crippen LogP contribution in [-0.4, -0.2) is 8.07 Å².